The number of hydrogen-bond donors (Lipinski definition) is 2. The van der Waals surface area contributed by atoms with E-state index in [2.05, 4.69) is 17.2 Å². The molecular weight excluding hydrogens is 528 g/mol. The summed E-state index contributed by atoms with van der Waals surface area (Å²) in [4.78, 5) is 66.9. The van der Waals surface area contributed by atoms with Crippen LogP contribution in [0.5, 0.6) is 0 Å². The molecule has 3 unspecified atom stereocenters. The van der Waals surface area contributed by atoms with Gasteiger partial charge < -0.3 is 25.0 Å². The lowest BCUT2D eigenvalue weighted by Gasteiger charge is -2.35. The van der Waals surface area contributed by atoms with Gasteiger partial charge in [0.15, 0.2) is 11.6 Å². The minimum Gasteiger partial charge on any atom is -0.458 e. The zero-order chi connectivity index (χ0) is 30.9. The molecule has 0 aromatic heterocycles. The maximum absolute atomic E-state index is 13.8. The Kier molecular flexibility index (Phi) is 12.2. The van der Waals surface area contributed by atoms with E-state index in [9.17, 15) is 24.0 Å². The molecule has 2 amide bonds. The predicted molar refractivity (Wildman–Crippen MR) is 154 cm³/mol. The lowest BCUT2D eigenvalue weighted by Crippen LogP contribution is -2.54. The van der Waals surface area contributed by atoms with Crippen molar-refractivity contribution in [3.63, 3.8) is 0 Å². The first-order valence-electron chi connectivity index (χ1n) is 14.2. The highest BCUT2D eigenvalue weighted by Gasteiger charge is 2.34. The van der Waals surface area contributed by atoms with Crippen LogP contribution < -0.4 is 10.6 Å². The Bertz CT molecular complexity index is 1070. The van der Waals surface area contributed by atoms with E-state index in [1.54, 1.807) is 20.8 Å². The van der Waals surface area contributed by atoms with E-state index in [0.717, 1.165) is 0 Å². The minimum atomic E-state index is -0.749. The number of nitrogens with zero attached hydrogens (tertiary/aromatic N) is 2. The van der Waals surface area contributed by atoms with Gasteiger partial charge in [-0.2, -0.15) is 0 Å². The molecule has 0 aliphatic carbocycles. The van der Waals surface area contributed by atoms with Crippen molar-refractivity contribution in [3.05, 3.63) is 36.2 Å². The minimum absolute atomic E-state index is 0.0170. The van der Waals surface area contributed by atoms with Crippen molar-refractivity contribution in [1.82, 2.24) is 20.4 Å². The van der Waals surface area contributed by atoms with Crippen LogP contribution in [0.1, 0.15) is 61.3 Å². The third kappa shape index (κ3) is 10.7. The van der Waals surface area contributed by atoms with Gasteiger partial charge in [-0.3, -0.25) is 19.3 Å². The molecule has 0 fully saturated rings. The average molecular weight is 575 g/mol. The molecular formula is C30H46N4O7. The molecule has 0 saturated carbocycles. The zero-order valence-electron chi connectivity index (χ0n) is 25.5. The molecule has 11 nitrogen and oxygen atoms in total. The summed E-state index contributed by atoms with van der Waals surface area (Å²) >= 11 is 0. The number of carbonyl (C=O) groups is 5. The lowest BCUT2D eigenvalue weighted by molar-refractivity contribution is -0.158. The molecule has 2 N–H and O–H groups in total. The number of esters is 1. The van der Waals surface area contributed by atoms with Crippen LogP contribution in [0, 0.1) is 11.8 Å². The standard InChI is InChI=1S/C30H46N4O7/c1-9-11-40-29(39)34-16-21(13-24(36)18-34)31-25(12-19(3)4)27(37)33-15-22(14-23(35)17-33)32-26(20(5)10-2)28(38)41-30(6,7)8/h9,13-14,19-20,25-26,31-32H,1,10-12,15-18H2,2-8H3. The van der Waals surface area contributed by atoms with Gasteiger partial charge in [-0.1, -0.05) is 46.8 Å². The van der Waals surface area contributed by atoms with E-state index >= 15 is 0 Å². The monoisotopic (exact) mass is 574 g/mol. The van der Waals surface area contributed by atoms with Crippen molar-refractivity contribution >= 4 is 29.5 Å². The fourth-order valence-corrected chi connectivity index (χ4v) is 4.52. The number of amides is 2. The van der Waals surface area contributed by atoms with Gasteiger partial charge in [0, 0.05) is 23.5 Å². The number of ketones is 2. The summed E-state index contributed by atoms with van der Waals surface area (Å²) in [6, 6.07) is -1.44. The summed E-state index contributed by atoms with van der Waals surface area (Å²) in [5.74, 6) is -1.29. The number of ether oxygens (including phenoxy) is 2. The van der Waals surface area contributed by atoms with Gasteiger partial charge >= 0.3 is 12.1 Å². The maximum atomic E-state index is 13.8. The molecule has 0 aromatic rings. The summed E-state index contributed by atoms with van der Waals surface area (Å²) in [5, 5.41) is 6.33. The first-order valence-corrected chi connectivity index (χ1v) is 14.2. The van der Waals surface area contributed by atoms with Crippen LogP contribution in [-0.2, 0) is 28.7 Å². The van der Waals surface area contributed by atoms with E-state index in [0.29, 0.717) is 24.2 Å². The van der Waals surface area contributed by atoms with Crippen LogP contribution in [-0.4, -0.2) is 89.8 Å². The lowest BCUT2D eigenvalue weighted by atomic mass is 9.97. The molecule has 2 rings (SSSR count). The molecule has 3 atom stereocenters. The maximum Gasteiger partial charge on any atom is 0.410 e. The molecule has 0 aromatic carbocycles. The second-order valence-electron chi connectivity index (χ2n) is 12.1. The molecule has 2 aliphatic heterocycles. The Labute approximate surface area is 243 Å². The third-order valence-electron chi connectivity index (χ3n) is 6.56. The van der Waals surface area contributed by atoms with Crippen molar-refractivity contribution in [2.75, 3.05) is 32.8 Å². The summed E-state index contributed by atoms with van der Waals surface area (Å²) in [5.41, 5.74) is 0.193. The van der Waals surface area contributed by atoms with Crippen LogP contribution >= 0.6 is 0 Å². The van der Waals surface area contributed by atoms with Gasteiger partial charge in [0.05, 0.1) is 26.2 Å². The third-order valence-corrected chi connectivity index (χ3v) is 6.56. The van der Waals surface area contributed by atoms with E-state index in [1.165, 1.54) is 28.0 Å². The van der Waals surface area contributed by atoms with E-state index in [1.807, 2.05) is 27.7 Å². The van der Waals surface area contributed by atoms with Crippen LogP contribution in [0.15, 0.2) is 36.2 Å². The molecule has 11 heteroatoms. The highest BCUT2D eigenvalue weighted by atomic mass is 16.6. The Morgan fingerprint density at radius 3 is 2.07 bits per heavy atom. The molecule has 0 spiro atoms. The molecule has 0 radical (unpaired) electrons. The van der Waals surface area contributed by atoms with Crippen molar-refractivity contribution in [2.45, 2.75) is 79.0 Å². The number of hydrogen-bond acceptors (Lipinski definition) is 9. The SMILES string of the molecule is C=CCOC(=O)N1CC(=O)C=C(NC(CC(C)C)C(=O)N2CC(=O)C=C(NC(C(=O)OC(C)(C)C)C(C)CC)C2)C1. The van der Waals surface area contributed by atoms with Crippen LogP contribution in [0.4, 0.5) is 4.79 Å². The van der Waals surface area contributed by atoms with Gasteiger partial charge in [-0.25, -0.2) is 9.59 Å². The smallest absolute Gasteiger partial charge is 0.410 e. The first kappa shape index (κ1) is 33.6. The van der Waals surface area contributed by atoms with Crippen LogP contribution in [0.3, 0.4) is 0 Å². The normalized spacial score (nSPS) is 18.1. The number of nitrogens with one attached hydrogen (secondary N) is 2. The van der Waals surface area contributed by atoms with Gasteiger partial charge in [0.25, 0.3) is 0 Å². The first-order chi connectivity index (χ1) is 19.1. The van der Waals surface area contributed by atoms with Crippen LogP contribution in [0.2, 0.25) is 0 Å². The molecule has 41 heavy (non-hydrogen) atoms. The average Bonchev–Trinajstić information content (AvgIpc) is 2.87. The summed E-state index contributed by atoms with van der Waals surface area (Å²) in [6.45, 7) is 16.7. The summed E-state index contributed by atoms with van der Waals surface area (Å²) in [6.07, 6.45) is 4.74. The molecule has 2 aliphatic rings. The second kappa shape index (κ2) is 14.8. The second-order valence-corrected chi connectivity index (χ2v) is 12.1. The van der Waals surface area contributed by atoms with Gasteiger partial charge in [0.1, 0.15) is 24.3 Å². The molecule has 2 heterocycles. The summed E-state index contributed by atoms with van der Waals surface area (Å²) < 4.78 is 10.7. The van der Waals surface area contributed by atoms with E-state index < -0.39 is 29.7 Å². The topological polar surface area (TPSA) is 134 Å². The zero-order valence-corrected chi connectivity index (χ0v) is 25.5. The van der Waals surface area contributed by atoms with Gasteiger partial charge in [-0.05, 0) is 39.0 Å². The quantitative estimate of drug-likeness (QED) is 0.266. The fraction of sp³-hybridized carbons (Fsp3) is 0.633. The Hall–Kier alpha value is -3.63. The van der Waals surface area contributed by atoms with Crippen molar-refractivity contribution in [2.24, 2.45) is 11.8 Å². The molecule has 0 bridgehead atoms. The van der Waals surface area contributed by atoms with Crippen molar-refractivity contribution < 1.29 is 33.4 Å². The molecule has 228 valence electrons. The van der Waals surface area contributed by atoms with E-state index in [4.69, 9.17) is 9.47 Å². The van der Waals surface area contributed by atoms with E-state index in [-0.39, 0.29) is 62.1 Å². The Morgan fingerprint density at radius 1 is 0.976 bits per heavy atom. The Morgan fingerprint density at radius 2 is 1.54 bits per heavy atom. The fourth-order valence-electron chi connectivity index (χ4n) is 4.52. The van der Waals surface area contributed by atoms with Crippen LogP contribution in [0.25, 0.3) is 0 Å². The largest absolute Gasteiger partial charge is 0.458 e. The molecule has 0 saturated heterocycles. The summed E-state index contributed by atoms with van der Waals surface area (Å²) in [7, 11) is 0. The van der Waals surface area contributed by atoms with Crippen molar-refractivity contribution in [3.8, 4) is 0 Å². The number of carbonyl (C=O) groups excluding carboxylic acids is 5. The Balaban J connectivity index is 2.21. The predicted octanol–water partition coefficient (Wildman–Crippen LogP) is 2.72. The number of rotatable bonds is 12. The van der Waals surface area contributed by atoms with Gasteiger partial charge in [-0.15, -0.1) is 0 Å². The van der Waals surface area contributed by atoms with Gasteiger partial charge in [0.2, 0.25) is 5.91 Å². The highest BCUT2D eigenvalue weighted by Crippen LogP contribution is 2.19. The van der Waals surface area contributed by atoms with Crippen molar-refractivity contribution in [1.29, 1.82) is 0 Å². The highest BCUT2D eigenvalue weighted by molar-refractivity contribution is 5.97.